The van der Waals surface area contributed by atoms with Crippen molar-refractivity contribution in [3.63, 3.8) is 0 Å². The molecule has 20 heteroatoms. The molecule has 0 aromatic heterocycles. The maximum absolute atomic E-state index is 11.0. The topological polar surface area (TPSA) is 195 Å². The highest BCUT2D eigenvalue weighted by Gasteiger charge is 2.43. The molecule has 4 N–H and O–H groups in total. The Bertz CT molecular complexity index is 1940. The van der Waals surface area contributed by atoms with Crippen LogP contribution in [0.15, 0.2) is 0 Å². The number of carbonyl (C=O) groups is 3. The normalized spacial score (nSPS) is 35.2. The summed E-state index contributed by atoms with van der Waals surface area (Å²) in [6.45, 7) is 50.1. The van der Waals surface area contributed by atoms with E-state index in [4.69, 9.17) is 43.6 Å². The molecule has 0 radical (unpaired) electrons. The lowest BCUT2D eigenvalue weighted by Crippen LogP contribution is -2.54. The van der Waals surface area contributed by atoms with E-state index in [2.05, 4.69) is 129 Å². The van der Waals surface area contributed by atoms with Gasteiger partial charge < -0.3 is 69.0 Å². The number of ether oxygens (including phenoxy) is 8. The molecule has 14 unspecified atom stereocenters. The van der Waals surface area contributed by atoms with Crippen LogP contribution in [0.5, 0.6) is 0 Å². The Morgan fingerprint density at radius 3 is 1.38 bits per heavy atom. The summed E-state index contributed by atoms with van der Waals surface area (Å²) in [5.74, 6) is 4.32. The first-order chi connectivity index (χ1) is 42.3. The van der Waals surface area contributed by atoms with Crippen LogP contribution in [0, 0.1) is 41.4 Å². The van der Waals surface area contributed by atoms with Gasteiger partial charge in [-0.15, -0.1) is 0 Å². The second-order valence-electron chi connectivity index (χ2n) is 30.0. The number of likely N-dealkylation sites (N-methyl/N-ethyl adjacent to an activating group) is 1. The van der Waals surface area contributed by atoms with Crippen LogP contribution >= 0.6 is 0 Å². The fourth-order valence-electron chi connectivity index (χ4n) is 14.6. The van der Waals surface area contributed by atoms with Crippen LogP contribution in [-0.2, 0) is 47.5 Å². The maximum Gasteiger partial charge on any atom is 0.314 e. The fraction of sp³-hybridized carbons (Fsp3) is 0.957. The lowest BCUT2D eigenvalue weighted by atomic mass is 9.96. The zero-order chi connectivity index (χ0) is 65.1. The standard InChI is InChI=1S/C14H26N2O.C10H19NO2.C10H19NO.2C9H17NO2.C9H17NO.C8H16N2O2/c1-10(2)14-9-16(5-6-17-14)13-7-11-3-4-12(8-13)15-11;1-8(2)10-6-11-3-4-12-9(5-11)7-13-10;1-7(2)10-9-5-4-8(6-12-10)11(9)3;2*1-7(2)9-6-10(8(3)11)4-5-12-9;1-6(2)9-8-4-3-7(10-8)5-11-9;1-6(2)7-5-10(8(9)11)3-4-12-7/h10-15H,3-9H2,1-2H3;8-10H,3-7H2,1-2H3;7-10H,4-6H2,1-3H3;2*7,9H,4-6H2,1-3H3;6-10H,3-5H2,1-2H3;6-7H,3-5H2,1-2H3,(H2,9,11)/t;9?,10-;;;;;/m.1...../s1. The highest BCUT2D eigenvalue weighted by atomic mass is 16.5. The third-order valence-corrected chi connectivity index (χ3v) is 20.7. The van der Waals surface area contributed by atoms with Gasteiger partial charge in [0.25, 0.3) is 0 Å². The Morgan fingerprint density at radius 2 is 0.876 bits per heavy atom. The van der Waals surface area contributed by atoms with Gasteiger partial charge in [0.2, 0.25) is 11.8 Å². The Morgan fingerprint density at radius 1 is 0.416 bits per heavy atom. The molecule has 0 aromatic carbocycles. The molecule has 12 aliphatic heterocycles. The summed E-state index contributed by atoms with van der Waals surface area (Å²) >= 11 is 0. The molecular weight excluding hydrogens is 1130 g/mol. The molecule has 0 spiro atoms. The molecule has 20 nitrogen and oxygen atoms in total. The van der Waals surface area contributed by atoms with Crippen molar-refractivity contribution in [1.82, 2.24) is 40.0 Å². The molecule has 89 heavy (non-hydrogen) atoms. The largest absolute Gasteiger partial charge is 0.375 e. The molecule has 12 rings (SSSR count). The number of piperidine rings is 1. The van der Waals surface area contributed by atoms with E-state index in [0.29, 0.717) is 129 Å². The summed E-state index contributed by atoms with van der Waals surface area (Å²) in [6.07, 6.45) is 13.5. The quantitative estimate of drug-likeness (QED) is 0.220. The van der Waals surface area contributed by atoms with Crippen LogP contribution in [0.25, 0.3) is 0 Å². The molecule has 0 aliphatic carbocycles. The van der Waals surface area contributed by atoms with Crippen molar-refractivity contribution in [1.29, 1.82) is 0 Å². The molecular formula is C69H131N9O11. The molecule has 0 saturated carbocycles. The third kappa shape index (κ3) is 24.1. The fourth-order valence-corrected chi connectivity index (χ4v) is 14.6. The van der Waals surface area contributed by atoms with Crippen LogP contribution in [-0.4, -0.2) is 270 Å². The zero-order valence-corrected chi connectivity index (χ0v) is 59.0. The number of amides is 4. The predicted molar refractivity (Wildman–Crippen MR) is 353 cm³/mol. The Kier molecular flexibility index (Phi) is 32.1. The number of nitrogens with zero attached hydrogens (tertiary/aromatic N) is 6. The maximum atomic E-state index is 11.0. The second kappa shape index (κ2) is 37.7. The molecule has 4 amide bonds. The van der Waals surface area contributed by atoms with E-state index >= 15 is 0 Å². The van der Waals surface area contributed by atoms with Gasteiger partial charge in [-0.1, -0.05) is 96.9 Å². The first-order valence-corrected chi connectivity index (χ1v) is 35.5. The molecule has 12 aliphatic rings. The lowest BCUT2D eigenvalue weighted by Gasteiger charge is -2.42. The Labute approximate surface area is 540 Å². The zero-order valence-electron chi connectivity index (χ0n) is 59.0. The number of primary amides is 1. The number of fused-ring (bicyclic) bond motifs is 8. The molecule has 518 valence electrons. The number of hydrogen-bond acceptors (Lipinski definition) is 16. The van der Waals surface area contributed by atoms with Crippen LogP contribution in [0.2, 0.25) is 0 Å². The molecule has 8 bridgehead atoms. The Hall–Kier alpha value is -2.31. The highest BCUT2D eigenvalue weighted by molar-refractivity contribution is 5.73. The number of nitrogens with one attached hydrogen (secondary N) is 2. The minimum absolute atomic E-state index is 0.145. The minimum Gasteiger partial charge on any atom is -0.375 e. The van der Waals surface area contributed by atoms with Crippen molar-refractivity contribution in [2.45, 2.75) is 253 Å². The van der Waals surface area contributed by atoms with Gasteiger partial charge in [-0.2, -0.15) is 0 Å². The van der Waals surface area contributed by atoms with E-state index in [-0.39, 0.29) is 36.2 Å². The average molecular weight is 1260 g/mol. The van der Waals surface area contributed by atoms with Gasteiger partial charge in [-0.3, -0.25) is 24.3 Å². The van der Waals surface area contributed by atoms with E-state index in [9.17, 15) is 14.4 Å². The number of hydrogen-bond donors (Lipinski definition) is 3. The minimum atomic E-state index is -0.344. The molecule has 12 heterocycles. The van der Waals surface area contributed by atoms with Gasteiger partial charge in [0, 0.05) is 128 Å². The van der Waals surface area contributed by atoms with Gasteiger partial charge in [0.1, 0.15) is 0 Å². The first kappa shape index (κ1) is 75.7. The van der Waals surface area contributed by atoms with Crippen molar-refractivity contribution in [2.75, 3.05) is 132 Å². The van der Waals surface area contributed by atoms with Crippen LogP contribution in [0.4, 0.5) is 4.79 Å². The third-order valence-electron chi connectivity index (χ3n) is 20.7. The van der Waals surface area contributed by atoms with Crippen LogP contribution < -0.4 is 16.4 Å². The number of nitrogens with two attached hydrogens (primary N) is 1. The SMILES string of the molecule is CC(=O)N1CCOC(C(C)C)C1.CC(=O)N1CCOC(C(C)C)C1.CC(C)C1CN(C(N)=O)CCO1.CC(C)C1CN(C2CC3CCC(C2)N3)CCO1.CC(C)C1OCC2CCC1N2.CC(C)C1OCC2CCC1N2C.CC(C)[C@H]1CN2CCOC(CO1)C2. The monoisotopic (exact) mass is 1260 g/mol. The summed E-state index contributed by atoms with van der Waals surface area (Å²) in [4.78, 5) is 45.9. The van der Waals surface area contributed by atoms with Gasteiger partial charge in [0.15, 0.2) is 0 Å². The smallest absolute Gasteiger partial charge is 0.314 e. The van der Waals surface area contributed by atoms with E-state index in [1.807, 2.05) is 9.80 Å². The molecule has 15 atom stereocenters. The van der Waals surface area contributed by atoms with Gasteiger partial charge >= 0.3 is 6.03 Å². The summed E-state index contributed by atoms with van der Waals surface area (Å²) < 4.78 is 45.4. The van der Waals surface area contributed by atoms with Gasteiger partial charge in [-0.25, -0.2) is 4.79 Å². The van der Waals surface area contributed by atoms with E-state index < -0.39 is 0 Å². The number of rotatable bonds is 8. The van der Waals surface area contributed by atoms with Crippen molar-refractivity contribution in [3.8, 4) is 0 Å². The van der Waals surface area contributed by atoms with Crippen molar-refractivity contribution in [3.05, 3.63) is 0 Å². The van der Waals surface area contributed by atoms with E-state index in [0.717, 1.165) is 110 Å². The second-order valence-corrected chi connectivity index (χ2v) is 30.0. The van der Waals surface area contributed by atoms with E-state index in [1.165, 1.54) is 51.4 Å². The van der Waals surface area contributed by atoms with E-state index in [1.54, 1.807) is 18.7 Å². The predicted octanol–water partition coefficient (Wildman–Crippen LogP) is 7.24. The summed E-state index contributed by atoms with van der Waals surface area (Å²) in [6, 6.07) is 4.80. The van der Waals surface area contributed by atoms with Crippen molar-refractivity contribution in [2.24, 2.45) is 47.2 Å². The van der Waals surface area contributed by atoms with Gasteiger partial charge in [0.05, 0.1) is 102 Å². The molecule has 12 saturated heterocycles. The number of urea groups is 1. The highest BCUT2D eigenvalue weighted by Crippen LogP contribution is 2.35. The average Bonchev–Trinajstić information content (AvgIpc) is 3.57. The summed E-state index contributed by atoms with van der Waals surface area (Å²) in [5, 5.41) is 7.33. The first-order valence-electron chi connectivity index (χ1n) is 35.5. The van der Waals surface area contributed by atoms with Crippen molar-refractivity contribution < 1.29 is 52.3 Å². The van der Waals surface area contributed by atoms with Gasteiger partial charge in [-0.05, 0) is 99.8 Å². The summed E-state index contributed by atoms with van der Waals surface area (Å²) in [5.41, 5.74) is 5.16. The van der Waals surface area contributed by atoms with Crippen molar-refractivity contribution >= 4 is 17.8 Å². The van der Waals surface area contributed by atoms with Crippen LogP contribution in [0.1, 0.15) is 162 Å². The number of carbonyl (C=O) groups excluding carboxylic acids is 3. The number of morpholine rings is 7. The Balaban J connectivity index is 0.000000166. The lowest BCUT2D eigenvalue weighted by molar-refractivity contribution is -0.138. The summed E-state index contributed by atoms with van der Waals surface area (Å²) in [7, 11) is 2.25. The van der Waals surface area contributed by atoms with Crippen LogP contribution in [0.3, 0.4) is 0 Å². The molecule has 0 aromatic rings. The molecule has 12 fully saturated rings.